The molecule has 2 aromatic rings. The third kappa shape index (κ3) is 4.32. The number of hydrogen-bond donors (Lipinski definition) is 0. The summed E-state index contributed by atoms with van der Waals surface area (Å²) in [5.41, 5.74) is 2.47. The summed E-state index contributed by atoms with van der Waals surface area (Å²) in [4.78, 5) is 0.233. The van der Waals surface area contributed by atoms with E-state index in [1.54, 1.807) is 24.3 Å². The van der Waals surface area contributed by atoms with Gasteiger partial charge in [-0.25, -0.2) is 8.42 Å². The van der Waals surface area contributed by atoms with Crippen molar-refractivity contribution in [2.45, 2.75) is 37.8 Å². The summed E-state index contributed by atoms with van der Waals surface area (Å²) < 4.78 is 62.3. The second-order valence-electron chi connectivity index (χ2n) is 7.43. The second-order valence-corrected chi connectivity index (χ2v) is 9.44. The van der Waals surface area contributed by atoms with Gasteiger partial charge in [-0.15, -0.1) is 0 Å². The Morgan fingerprint density at radius 3 is 1.55 bits per heavy atom. The highest BCUT2D eigenvalue weighted by atomic mass is 32.2. The summed E-state index contributed by atoms with van der Waals surface area (Å²) >= 11 is 0. The number of allylic oxidation sites excluding steroid dienone is 4. The normalized spacial score (nSPS) is 16.5. The summed E-state index contributed by atoms with van der Waals surface area (Å²) in [7, 11) is -3.30. The minimum atomic E-state index is -4.38. The lowest BCUT2D eigenvalue weighted by Crippen LogP contribution is -2.09. The van der Waals surface area contributed by atoms with E-state index in [-0.39, 0.29) is 10.3 Å². The maximum atomic E-state index is 12.9. The quantitative estimate of drug-likeness (QED) is 0.561. The summed E-state index contributed by atoms with van der Waals surface area (Å²) in [6.45, 7) is 4.16. The zero-order valence-corrected chi connectivity index (χ0v) is 17.4. The van der Waals surface area contributed by atoms with Crippen molar-refractivity contribution in [3.05, 3.63) is 77.4 Å². The highest BCUT2D eigenvalue weighted by Crippen LogP contribution is 2.47. The Hall–Kier alpha value is -2.34. The molecule has 2 aromatic carbocycles. The zero-order chi connectivity index (χ0) is 21.4. The monoisotopic (exact) mass is 420 g/mol. The lowest BCUT2D eigenvalue weighted by molar-refractivity contribution is -0.137. The Morgan fingerprint density at radius 1 is 0.793 bits per heavy atom. The predicted molar refractivity (Wildman–Crippen MR) is 110 cm³/mol. The minimum Gasteiger partial charge on any atom is -0.224 e. The number of benzene rings is 2. The Kier molecular flexibility index (Phi) is 5.52. The van der Waals surface area contributed by atoms with E-state index in [1.807, 2.05) is 0 Å². The van der Waals surface area contributed by atoms with E-state index in [0.717, 1.165) is 47.9 Å². The molecule has 1 aliphatic rings. The standard InChI is InChI=1S/C23H23F3O2S/c1-4-22(5-2)14-20(16-6-10-18(11-7-16)23(24,25)26)21(15-22)17-8-12-19(13-9-17)29(3,27)28/h6-15H,4-5H2,1-3H3. The average molecular weight is 420 g/mol. The smallest absolute Gasteiger partial charge is 0.224 e. The maximum absolute atomic E-state index is 12.9. The Morgan fingerprint density at radius 2 is 1.21 bits per heavy atom. The molecule has 0 spiro atoms. The van der Waals surface area contributed by atoms with E-state index in [9.17, 15) is 21.6 Å². The third-order valence-electron chi connectivity index (χ3n) is 5.59. The van der Waals surface area contributed by atoms with Crippen LogP contribution in [-0.4, -0.2) is 14.7 Å². The van der Waals surface area contributed by atoms with Crippen LogP contribution in [0.4, 0.5) is 13.2 Å². The van der Waals surface area contributed by atoms with Gasteiger partial charge in [0.2, 0.25) is 0 Å². The molecule has 0 bridgehead atoms. The van der Waals surface area contributed by atoms with E-state index in [1.165, 1.54) is 12.1 Å². The fourth-order valence-electron chi connectivity index (χ4n) is 3.63. The average Bonchev–Trinajstić information content (AvgIpc) is 3.07. The van der Waals surface area contributed by atoms with Crippen LogP contribution in [0.5, 0.6) is 0 Å². The summed E-state index contributed by atoms with van der Waals surface area (Å²) in [6.07, 6.45) is 2.77. The van der Waals surface area contributed by atoms with Crippen LogP contribution in [0.25, 0.3) is 11.1 Å². The van der Waals surface area contributed by atoms with Gasteiger partial charge in [0.05, 0.1) is 10.5 Å². The third-order valence-corrected chi connectivity index (χ3v) is 6.72. The Bertz CT molecular complexity index is 1050. The van der Waals surface area contributed by atoms with E-state index in [2.05, 4.69) is 26.0 Å². The molecule has 0 saturated carbocycles. The number of alkyl halides is 3. The number of halogens is 3. The van der Waals surface area contributed by atoms with Crippen LogP contribution in [-0.2, 0) is 16.0 Å². The van der Waals surface area contributed by atoms with Crippen LogP contribution >= 0.6 is 0 Å². The fraction of sp³-hybridized carbons (Fsp3) is 0.304. The van der Waals surface area contributed by atoms with Crippen molar-refractivity contribution in [2.75, 3.05) is 6.26 Å². The molecule has 29 heavy (non-hydrogen) atoms. The van der Waals surface area contributed by atoms with Crippen molar-refractivity contribution < 1.29 is 21.6 Å². The van der Waals surface area contributed by atoms with Crippen LogP contribution in [0.15, 0.2) is 65.6 Å². The van der Waals surface area contributed by atoms with Gasteiger partial charge in [0, 0.05) is 11.7 Å². The summed E-state index contributed by atoms with van der Waals surface area (Å²) in [5, 5.41) is 0. The van der Waals surface area contributed by atoms with E-state index < -0.39 is 21.6 Å². The molecule has 1 aliphatic carbocycles. The van der Waals surface area contributed by atoms with Gasteiger partial charge in [-0.2, -0.15) is 13.2 Å². The van der Waals surface area contributed by atoms with Crippen LogP contribution in [0, 0.1) is 5.41 Å². The molecule has 0 amide bonds. The molecular formula is C23H23F3O2S. The van der Waals surface area contributed by atoms with Crippen molar-refractivity contribution in [1.29, 1.82) is 0 Å². The molecule has 0 saturated heterocycles. The molecule has 2 nitrogen and oxygen atoms in total. The minimum absolute atomic E-state index is 0.178. The Balaban J connectivity index is 2.08. The predicted octanol–water partition coefficient (Wildman–Crippen LogP) is 6.40. The first-order chi connectivity index (χ1) is 13.5. The van der Waals surface area contributed by atoms with Gasteiger partial charge >= 0.3 is 6.18 Å². The highest BCUT2D eigenvalue weighted by molar-refractivity contribution is 7.90. The summed E-state index contributed by atoms with van der Waals surface area (Å²) in [6, 6.07) is 11.8. The van der Waals surface area contributed by atoms with Crippen molar-refractivity contribution in [3.8, 4) is 0 Å². The van der Waals surface area contributed by atoms with Gasteiger partial charge in [0.15, 0.2) is 9.84 Å². The van der Waals surface area contributed by atoms with Crippen LogP contribution in [0.2, 0.25) is 0 Å². The topological polar surface area (TPSA) is 34.1 Å². The second kappa shape index (κ2) is 7.48. The van der Waals surface area contributed by atoms with E-state index >= 15 is 0 Å². The van der Waals surface area contributed by atoms with Gasteiger partial charge < -0.3 is 0 Å². The molecule has 0 atom stereocenters. The van der Waals surface area contributed by atoms with Crippen molar-refractivity contribution in [2.24, 2.45) is 5.41 Å². The lowest BCUT2D eigenvalue weighted by atomic mass is 9.84. The number of hydrogen-bond acceptors (Lipinski definition) is 2. The van der Waals surface area contributed by atoms with Gasteiger partial charge in [0.25, 0.3) is 0 Å². The lowest BCUT2D eigenvalue weighted by Gasteiger charge is -2.20. The molecule has 6 heteroatoms. The van der Waals surface area contributed by atoms with Crippen LogP contribution in [0.1, 0.15) is 43.4 Å². The molecule has 0 aromatic heterocycles. The molecule has 0 fully saturated rings. The van der Waals surface area contributed by atoms with Crippen molar-refractivity contribution in [1.82, 2.24) is 0 Å². The number of sulfone groups is 1. The molecular weight excluding hydrogens is 397 g/mol. The first kappa shape index (κ1) is 21.4. The fourth-order valence-corrected chi connectivity index (χ4v) is 4.26. The summed E-state index contributed by atoms with van der Waals surface area (Å²) in [5.74, 6) is 0. The number of rotatable bonds is 5. The van der Waals surface area contributed by atoms with Gasteiger partial charge in [-0.1, -0.05) is 50.3 Å². The highest BCUT2D eigenvalue weighted by Gasteiger charge is 2.32. The van der Waals surface area contributed by atoms with Gasteiger partial charge in [0.1, 0.15) is 0 Å². The SMILES string of the molecule is CCC1(CC)C=C(c2ccc(C(F)(F)F)cc2)C(c2ccc(S(C)(=O)=O)cc2)=C1. The maximum Gasteiger partial charge on any atom is 0.416 e. The largest absolute Gasteiger partial charge is 0.416 e. The first-order valence-corrected chi connectivity index (χ1v) is 11.3. The molecule has 0 unspecified atom stereocenters. The molecule has 0 radical (unpaired) electrons. The molecule has 0 aliphatic heterocycles. The van der Waals surface area contributed by atoms with Crippen LogP contribution < -0.4 is 0 Å². The molecule has 0 N–H and O–H groups in total. The van der Waals surface area contributed by atoms with E-state index in [0.29, 0.717) is 5.56 Å². The molecule has 3 rings (SSSR count). The van der Waals surface area contributed by atoms with Crippen molar-refractivity contribution >= 4 is 21.0 Å². The zero-order valence-electron chi connectivity index (χ0n) is 16.5. The Labute approximate surface area is 169 Å². The first-order valence-electron chi connectivity index (χ1n) is 9.43. The van der Waals surface area contributed by atoms with Crippen molar-refractivity contribution in [3.63, 3.8) is 0 Å². The molecule has 0 heterocycles. The molecule has 154 valence electrons. The van der Waals surface area contributed by atoms with E-state index in [4.69, 9.17) is 0 Å². The van der Waals surface area contributed by atoms with Gasteiger partial charge in [-0.05, 0) is 59.4 Å². The van der Waals surface area contributed by atoms with Crippen LogP contribution in [0.3, 0.4) is 0 Å². The van der Waals surface area contributed by atoms with Gasteiger partial charge in [-0.3, -0.25) is 0 Å².